The van der Waals surface area contributed by atoms with Crippen molar-refractivity contribution in [2.24, 2.45) is 0 Å². The first-order chi connectivity index (χ1) is 8.19. The average molecular weight is 236 g/mol. The molecule has 0 atom stereocenters. The van der Waals surface area contributed by atoms with Crippen molar-refractivity contribution >= 4 is 5.97 Å². The summed E-state index contributed by atoms with van der Waals surface area (Å²) >= 11 is 0. The zero-order valence-corrected chi connectivity index (χ0v) is 10.5. The highest BCUT2D eigenvalue weighted by Gasteiger charge is 2.09. The molecule has 0 aliphatic carbocycles. The van der Waals surface area contributed by atoms with E-state index in [4.69, 9.17) is 4.74 Å². The lowest BCUT2D eigenvalue weighted by Crippen LogP contribution is -2.06. The Morgan fingerprint density at radius 2 is 2.06 bits per heavy atom. The maximum absolute atomic E-state index is 11.7. The van der Waals surface area contributed by atoms with Crippen LogP contribution in [-0.4, -0.2) is 17.7 Å². The summed E-state index contributed by atoms with van der Waals surface area (Å²) in [5, 5.41) is 9.51. The van der Waals surface area contributed by atoms with Gasteiger partial charge in [-0.3, -0.25) is 0 Å². The zero-order valence-electron chi connectivity index (χ0n) is 10.5. The molecule has 1 aromatic carbocycles. The van der Waals surface area contributed by atoms with Gasteiger partial charge in [-0.25, -0.2) is 4.79 Å². The van der Waals surface area contributed by atoms with Gasteiger partial charge in [0.2, 0.25) is 0 Å². The van der Waals surface area contributed by atoms with Crippen molar-refractivity contribution in [3.63, 3.8) is 0 Å². The Morgan fingerprint density at radius 1 is 1.29 bits per heavy atom. The summed E-state index contributed by atoms with van der Waals surface area (Å²) in [5.41, 5.74) is 1.28. The van der Waals surface area contributed by atoms with Crippen molar-refractivity contribution in [1.82, 2.24) is 0 Å². The second-order valence-corrected chi connectivity index (χ2v) is 4.04. The Balaban J connectivity index is 2.57. The standard InChI is InChI=1S/C14H20O3/c1-3-5-6-9-17-14(16)12-7-8-13(15)11(4-2)10-12/h7-8,10,15H,3-6,9H2,1-2H3. The first-order valence-corrected chi connectivity index (χ1v) is 6.18. The molecular formula is C14H20O3. The lowest BCUT2D eigenvalue weighted by atomic mass is 10.1. The summed E-state index contributed by atoms with van der Waals surface area (Å²) in [5.74, 6) is -0.0779. The van der Waals surface area contributed by atoms with Gasteiger partial charge in [0.05, 0.1) is 12.2 Å². The van der Waals surface area contributed by atoms with Gasteiger partial charge >= 0.3 is 5.97 Å². The van der Waals surface area contributed by atoms with Gasteiger partial charge in [0, 0.05) is 0 Å². The van der Waals surface area contributed by atoms with Crippen molar-refractivity contribution in [2.75, 3.05) is 6.61 Å². The van der Waals surface area contributed by atoms with Crippen LogP contribution in [0.4, 0.5) is 0 Å². The molecule has 0 spiro atoms. The van der Waals surface area contributed by atoms with E-state index in [0.29, 0.717) is 18.6 Å². The van der Waals surface area contributed by atoms with Gasteiger partial charge in [0.25, 0.3) is 0 Å². The fraction of sp³-hybridized carbons (Fsp3) is 0.500. The van der Waals surface area contributed by atoms with Gasteiger partial charge < -0.3 is 9.84 Å². The van der Waals surface area contributed by atoms with Gasteiger partial charge in [-0.1, -0.05) is 26.7 Å². The molecule has 94 valence electrons. The highest BCUT2D eigenvalue weighted by molar-refractivity contribution is 5.89. The molecule has 0 saturated carbocycles. The minimum atomic E-state index is -0.309. The molecule has 0 aliphatic rings. The largest absolute Gasteiger partial charge is 0.508 e. The summed E-state index contributed by atoms with van der Waals surface area (Å²) in [7, 11) is 0. The molecule has 0 aromatic heterocycles. The zero-order chi connectivity index (χ0) is 12.7. The molecule has 0 fully saturated rings. The maximum atomic E-state index is 11.7. The number of hydrogen-bond acceptors (Lipinski definition) is 3. The topological polar surface area (TPSA) is 46.5 Å². The SMILES string of the molecule is CCCCCOC(=O)c1ccc(O)c(CC)c1. The summed E-state index contributed by atoms with van der Waals surface area (Å²) in [6.07, 6.45) is 3.78. The van der Waals surface area contributed by atoms with Crippen LogP contribution >= 0.6 is 0 Å². The van der Waals surface area contributed by atoms with E-state index >= 15 is 0 Å². The van der Waals surface area contributed by atoms with Gasteiger partial charge in [0.1, 0.15) is 5.75 Å². The third-order valence-corrected chi connectivity index (χ3v) is 2.68. The summed E-state index contributed by atoms with van der Waals surface area (Å²) in [6, 6.07) is 4.83. The van der Waals surface area contributed by atoms with Crippen molar-refractivity contribution < 1.29 is 14.6 Å². The van der Waals surface area contributed by atoms with Crippen molar-refractivity contribution in [3.8, 4) is 5.75 Å². The number of ether oxygens (including phenoxy) is 1. The number of phenols is 1. The van der Waals surface area contributed by atoms with Gasteiger partial charge in [-0.15, -0.1) is 0 Å². The Labute approximate surface area is 102 Å². The van der Waals surface area contributed by atoms with E-state index in [-0.39, 0.29) is 11.7 Å². The molecule has 17 heavy (non-hydrogen) atoms. The number of benzene rings is 1. The minimum absolute atomic E-state index is 0.232. The molecule has 0 heterocycles. The molecule has 3 nitrogen and oxygen atoms in total. The van der Waals surface area contributed by atoms with Gasteiger partial charge in [0.15, 0.2) is 0 Å². The molecule has 1 N–H and O–H groups in total. The van der Waals surface area contributed by atoms with E-state index in [1.807, 2.05) is 6.92 Å². The van der Waals surface area contributed by atoms with Gasteiger partial charge in [-0.2, -0.15) is 0 Å². The van der Waals surface area contributed by atoms with Crippen LogP contribution in [-0.2, 0) is 11.2 Å². The molecule has 0 aliphatic heterocycles. The third kappa shape index (κ3) is 4.10. The van der Waals surface area contributed by atoms with Gasteiger partial charge in [-0.05, 0) is 36.6 Å². The van der Waals surface area contributed by atoms with Crippen molar-refractivity contribution in [3.05, 3.63) is 29.3 Å². The highest BCUT2D eigenvalue weighted by atomic mass is 16.5. The molecule has 0 saturated heterocycles. The summed E-state index contributed by atoms with van der Waals surface area (Å²) < 4.78 is 5.15. The molecule has 0 bridgehead atoms. The number of carbonyl (C=O) groups is 1. The first kappa shape index (κ1) is 13.6. The van der Waals surface area contributed by atoms with Crippen LogP contribution in [0.25, 0.3) is 0 Å². The second-order valence-electron chi connectivity index (χ2n) is 4.04. The van der Waals surface area contributed by atoms with E-state index in [2.05, 4.69) is 6.92 Å². The van der Waals surface area contributed by atoms with E-state index in [0.717, 1.165) is 24.8 Å². The summed E-state index contributed by atoms with van der Waals surface area (Å²) in [6.45, 7) is 4.51. The normalized spacial score (nSPS) is 10.2. The second kappa shape index (κ2) is 6.94. The Hall–Kier alpha value is -1.51. The number of esters is 1. The molecule has 3 heteroatoms. The smallest absolute Gasteiger partial charge is 0.338 e. The quantitative estimate of drug-likeness (QED) is 0.609. The predicted octanol–water partition coefficient (Wildman–Crippen LogP) is 3.30. The number of unbranched alkanes of at least 4 members (excludes halogenated alkanes) is 2. The van der Waals surface area contributed by atoms with Crippen LogP contribution in [0.2, 0.25) is 0 Å². The van der Waals surface area contributed by atoms with E-state index in [9.17, 15) is 9.90 Å². The minimum Gasteiger partial charge on any atom is -0.508 e. The summed E-state index contributed by atoms with van der Waals surface area (Å²) in [4.78, 5) is 11.7. The maximum Gasteiger partial charge on any atom is 0.338 e. The molecule has 0 radical (unpaired) electrons. The number of aryl methyl sites for hydroxylation is 1. The van der Waals surface area contributed by atoms with Crippen molar-refractivity contribution in [1.29, 1.82) is 0 Å². The van der Waals surface area contributed by atoms with Crippen LogP contribution in [0.5, 0.6) is 5.75 Å². The van der Waals surface area contributed by atoms with Crippen LogP contribution in [0.15, 0.2) is 18.2 Å². The van der Waals surface area contributed by atoms with E-state index in [1.54, 1.807) is 18.2 Å². The van der Waals surface area contributed by atoms with Crippen LogP contribution < -0.4 is 0 Å². The fourth-order valence-electron chi connectivity index (χ4n) is 1.60. The molecular weight excluding hydrogens is 216 g/mol. The molecule has 1 aromatic rings. The number of carbonyl (C=O) groups excluding carboxylic acids is 1. The first-order valence-electron chi connectivity index (χ1n) is 6.18. The van der Waals surface area contributed by atoms with Crippen LogP contribution in [0.3, 0.4) is 0 Å². The molecule has 1 rings (SSSR count). The van der Waals surface area contributed by atoms with Crippen molar-refractivity contribution in [2.45, 2.75) is 39.5 Å². The Morgan fingerprint density at radius 3 is 2.71 bits per heavy atom. The van der Waals surface area contributed by atoms with Crippen LogP contribution in [0.1, 0.15) is 49.0 Å². The highest BCUT2D eigenvalue weighted by Crippen LogP contribution is 2.19. The van der Waals surface area contributed by atoms with Crippen LogP contribution in [0, 0.1) is 0 Å². The lowest BCUT2D eigenvalue weighted by molar-refractivity contribution is 0.0498. The monoisotopic (exact) mass is 236 g/mol. The van der Waals surface area contributed by atoms with E-state index in [1.165, 1.54) is 0 Å². The number of hydrogen-bond donors (Lipinski definition) is 1. The fourth-order valence-corrected chi connectivity index (χ4v) is 1.60. The number of aromatic hydroxyl groups is 1. The number of phenolic OH excluding ortho intramolecular Hbond substituents is 1. The third-order valence-electron chi connectivity index (χ3n) is 2.68. The van der Waals surface area contributed by atoms with E-state index < -0.39 is 0 Å². The average Bonchev–Trinajstić information content (AvgIpc) is 2.35. The molecule has 0 amide bonds. The Bertz CT molecular complexity index is 372. The Kier molecular flexibility index (Phi) is 5.53. The lowest BCUT2D eigenvalue weighted by Gasteiger charge is -2.06. The number of rotatable bonds is 6. The molecule has 0 unspecified atom stereocenters. The predicted molar refractivity (Wildman–Crippen MR) is 67.3 cm³/mol.